The maximum atomic E-state index is 13.3. The van der Waals surface area contributed by atoms with Crippen molar-refractivity contribution in [3.8, 4) is 5.75 Å². The maximum Gasteiger partial charge on any atom is 0.363 e. The van der Waals surface area contributed by atoms with Gasteiger partial charge in [-0.3, -0.25) is 0 Å². The molecule has 2 aromatic carbocycles. The second-order valence-electron chi connectivity index (χ2n) is 5.85. The van der Waals surface area contributed by atoms with Crippen molar-refractivity contribution in [2.75, 3.05) is 0 Å². The Hall–Kier alpha value is -2.95. The van der Waals surface area contributed by atoms with E-state index in [1.54, 1.807) is 18.2 Å². The first kappa shape index (κ1) is 14.6. The number of nitrogens with zero attached hydrogens (tertiary/aromatic N) is 1. The normalized spacial score (nSPS) is 20.6. The van der Waals surface area contributed by atoms with E-state index in [2.05, 4.69) is 4.99 Å². The third kappa shape index (κ3) is 2.69. The summed E-state index contributed by atoms with van der Waals surface area (Å²) in [7, 11) is 0. The van der Waals surface area contributed by atoms with E-state index in [9.17, 15) is 9.18 Å². The summed E-state index contributed by atoms with van der Waals surface area (Å²) >= 11 is 0. The number of aliphatic imine (C=N–C) groups is 1. The molecule has 2 heterocycles. The molecule has 0 fully saturated rings. The van der Waals surface area contributed by atoms with Crippen LogP contribution in [0, 0.1) is 5.82 Å². The summed E-state index contributed by atoms with van der Waals surface area (Å²) in [4.78, 5) is 16.2. The van der Waals surface area contributed by atoms with E-state index < -0.39 is 11.8 Å². The molecule has 4 nitrogen and oxygen atoms in total. The molecule has 0 amide bonds. The number of hydrogen-bond acceptors (Lipinski definition) is 4. The zero-order valence-electron chi connectivity index (χ0n) is 13.0. The molecule has 2 aromatic rings. The number of halogens is 1. The van der Waals surface area contributed by atoms with Gasteiger partial charge in [0.1, 0.15) is 17.7 Å². The lowest BCUT2D eigenvalue weighted by atomic mass is 10.1. The van der Waals surface area contributed by atoms with Crippen LogP contribution in [0.2, 0.25) is 0 Å². The molecule has 0 radical (unpaired) electrons. The van der Waals surface area contributed by atoms with Crippen molar-refractivity contribution in [3.05, 3.63) is 70.7 Å². The van der Waals surface area contributed by atoms with Gasteiger partial charge in [-0.15, -0.1) is 0 Å². The smallest absolute Gasteiger partial charge is 0.363 e. The fourth-order valence-electron chi connectivity index (χ4n) is 2.84. The number of carbonyl (C=O) groups is 1. The molecule has 0 N–H and O–H groups in total. The second-order valence-corrected chi connectivity index (χ2v) is 5.85. The van der Waals surface area contributed by atoms with Gasteiger partial charge in [0.05, 0.1) is 0 Å². The second kappa shape index (κ2) is 5.60. The van der Waals surface area contributed by atoms with Crippen LogP contribution in [0.25, 0.3) is 6.08 Å². The van der Waals surface area contributed by atoms with Crippen molar-refractivity contribution in [2.24, 2.45) is 4.99 Å². The van der Waals surface area contributed by atoms with Gasteiger partial charge in [-0.05, 0) is 54.5 Å². The number of esters is 1. The highest BCUT2D eigenvalue weighted by atomic mass is 19.1. The van der Waals surface area contributed by atoms with Gasteiger partial charge >= 0.3 is 5.97 Å². The van der Waals surface area contributed by atoms with Crippen molar-refractivity contribution in [1.29, 1.82) is 0 Å². The van der Waals surface area contributed by atoms with Gasteiger partial charge in [0.15, 0.2) is 5.70 Å². The molecule has 4 rings (SSSR count). The fourth-order valence-corrected chi connectivity index (χ4v) is 2.84. The van der Waals surface area contributed by atoms with Crippen molar-refractivity contribution in [1.82, 2.24) is 0 Å². The van der Waals surface area contributed by atoms with Crippen molar-refractivity contribution >= 4 is 17.9 Å². The van der Waals surface area contributed by atoms with Crippen LogP contribution < -0.4 is 4.74 Å². The minimum absolute atomic E-state index is 0.115. The van der Waals surface area contributed by atoms with E-state index >= 15 is 0 Å². The zero-order valence-corrected chi connectivity index (χ0v) is 13.0. The van der Waals surface area contributed by atoms with Gasteiger partial charge in [-0.2, -0.15) is 0 Å². The quantitative estimate of drug-likeness (QED) is 0.628. The number of fused-ring (bicyclic) bond motifs is 1. The molecule has 120 valence electrons. The predicted molar refractivity (Wildman–Crippen MR) is 87.2 cm³/mol. The Kier molecular flexibility index (Phi) is 3.41. The highest BCUT2D eigenvalue weighted by Crippen LogP contribution is 2.30. The highest BCUT2D eigenvalue weighted by Gasteiger charge is 2.25. The molecule has 0 unspecified atom stereocenters. The Morgan fingerprint density at radius 3 is 2.96 bits per heavy atom. The summed E-state index contributed by atoms with van der Waals surface area (Å²) in [5, 5.41) is 0. The van der Waals surface area contributed by atoms with E-state index in [0.29, 0.717) is 5.56 Å². The summed E-state index contributed by atoms with van der Waals surface area (Å²) in [6, 6.07) is 11.5. The molecular weight excluding hydrogens is 309 g/mol. The molecule has 0 aromatic heterocycles. The van der Waals surface area contributed by atoms with Crippen LogP contribution in [0.5, 0.6) is 5.75 Å². The van der Waals surface area contributed by atoms with Crippen LogP contribution in [-0.2, 0) is 16.0 Å². The molecule has 0 aliphatic carbocycles. The summed E-state index contributed by atoms with van der Waals surface area (Å²) < 4.78 is 24.1. The van der Waals surface area contributed by atoms with Gasteiger partial charge in [-0.25, -0.2) is 14.2 Å². The Labute approximate surface area is 138 Å². The minimum atomic E-state index is -0.542. The van der Waals surface area contributed by atoms with Crippen LogP contribution in [0.15, 0.2) is 53.2 Å². The molecule has 1 atom stereocenters. The molecular formula is C19H14FNO3. The SMILES string of the molecule is C[C@@H]1Cc2cc(/C=C3\N=C(c4cccc(F)c4)OC3=O)ccc2O1. The molecule has 0 bridgehead atoms. The molecule has 0 saturated heterocycles. The van der Waals surface area contributed by atoms with Gasteiger partial charge in [0.25, 0.3) is 0 Å². The average molecular weight is 323 g/mol. The molecule has 24 heavy (non-hydrogen) atoms. The van der Waals surface area contributed by atoms with Crippen LogP contribution in [-0.4, -0.2) is 18.0 Å². The van der Waals surface area contributed by atoms with Crippen LogP contribution in [0.1, 0.15) is 23.6 Å². The van der Waals surface area contributed by atoms with E-state index in [0.717, 1.165) is 23.3 Å². The number of hydrogen-bond donors (Lipinski definition) is 0. The minimum Gasteiger partial charge on any atom is -0.490 e. The number of benzene rings is 2. The maximum absolute atomic E-state index is 13.3. The molecule has 0 spiro atoms. The highest BCUT2D eigenvalue weighted by molar-refractivity contribution is 6.12. The van der Waals surface area contributed by atoms with E-state index in [4.69, 9.17) is 9.47 Å². The average Bonchev–Trinajstić information content (AvgIpc) is 3.09. The standard InChI is InChI=1S/C19H14FNO3/c1-11-7-14-8-12(5-6-17(14)23-11)9-16-19(22)24-18(21-16)13-3-2-4-15(20)10-13/h2-6,8-11H,7H2,1H3/b16-9-/t11-/m1/s1. The Bertz CT molecular complexity index is 901. The van der Waals surface area contributed by atoms with Gasteiger partial charge in [0, 0.05) is 12.0 Å². The zero-order chi connectivity index (χ0) is 16.7. The third-order valence-corrected chi connectivity index (χ3v) is 3.92. The van der Waals surface area contributed by atoms with Crippen LogP contribution in [0.4, 0.5) is 4.39 Å². The summed E-state index contributed by atoms with van der Waals surface area (Å²) in [5.41, 5.74) is 2.59. The molecule has 0 saturated carbocycles. The Balaban J connectivity index is 1.65. The lowest BCUT2D eigenvalue weighted by Crippen LogP contribution is -2.05. The molecule has 2 aliphatic rings. The third-order valence-electron chi connectivity index (χ3n) is 3.92. The summed E-state index contributed by atoms with van der Waals surface area (Å²) in [6.45, 7) is 2.02. The first-order chi connectivity index (χ1) is 11.6. The Morgan fingerprint density at radius 1 is 1.25 bits per heavy atom. The van der Waals surface area contributed by atoms with Crippen LogP contribution in [0.3, 0.4) is 0 Å². The van der Waals surface area contributed by atoms with E-state index in [-0.39, 0.29) is 17.7 Å². The lowest BCUT2D eigenvalue weighted by molar-refractivity contribution is -0.129. The van der Waals surface area contributed by atoms with Crippen molar-refractivity contribution < 1.29 is 18.7 Å². The first-order valence-electron chi connectivity index (χ1n) is 7.66. The van der Waals surface area contributed by atoms with Gasteiger partial charge in [-0.1, -0.05) is 12.1 Å². The monoisotopic (exact) mass is 323 g/mol. The van der Waals surface area contributed by atoms with Crippen molar-refractivity contribution in [2.45, 2.75) is 19.4 Å². The van der Waals surface area contributed by atoms with Crippen molar-refractivity contribution in [3.63, 3.8) is 0 Å². The lowest BCUT2D eigenvalue weighted by Gasteiger charge is -2.02. The predicted octanol–water partition coefficient (Wildman–Crippen LogP) is 3.49. The number of ether oxygens (including phenoxy) is 2. The van der Waals surface area contributed by atoms with E-state index in [1.165, 1.54) is 12.1 Å². The molecule has 2 aliphatic heterocycles. The van der Waals surface area contributed by atoms with Gasteiger partial charge in [0.2, 0.25) is 5.90 Å². The Morgan fingerprint density at radius 2 is 2.12 bits per heavy atom. The van der Waals surface area contributed by atoms with E-state index in [1.807, 2.05) is 25.1 Å². The fraction of sp³-hybridized carbons (Fsp3) is 0.158. The summed E-state index contributed by atoms with van der Waals surface area (Å²) in [5.74, 6) is 0.0438. The van der Waals surface area contributed by atoms with Crippen LogP contribution >= 0.6 is 0 Å². The summed E-state index contributed by atoms with van der Waals surface area (Å²) in [6.07, 6.45) is 2.67. The first-order valence-corrected chi connectivity index (χ1v) is 7.66. The molecule has 5 heteroatoms. The number of cyclic esters (lactones) is 1. The topological polar surface area (TPSA) is 47.9 Å². The largest absolute Gasteiger partial charge is 0.490 e. The van der Waals surface area contributed by atoms with Gasteiger partial charge < -0.3 is 9.47 Å². The number of rotatable bonds is 2. The number of carbonyl (C=O) groups excluding carboxylic acids is 1.